The topological polar surface area (TPSA) is 71.3 Å². The summed E-state index contributed by atoms with van der Waals surface area (Å²) in [5.41, 5.74) is 1.17. The number of hydrogen-bond donors (Lipinski definition) is 1. The van der Waals surface area contributed by atoms with Crippen molar-refractivity contribution in [3.05, 3.63) is 71.8 Å². The van der Waals surface area contributed by atoms with Crippen LogP contribution in [0.5, 0.6) is 11.5 Å². The number of benzene rings is 3. The summed E-state index contributed by atoms with van der Waals surface area (Å²) in [6, 6.07) is 20.6. The summed E-state index contributed by atoms with van der Waals surface area (Å²) in [5.74, 6) is 0.634. The maximum absolute atomic E-state index is 12.7. The molecule has 0 atom stereocenters. The van der Waals surface area contributed by atoms with Crippen LogP contribution < -0.4 is 14.8 Å². The maximum Gasteiger partial charge on any atom is 0.266 e. The van der Waals surface area contributed by atoms with E-state index >= 15 is 0 Å². The number of methoxy groups -OCH3 is 1. The van der Waals surface area contributed by atoms with Gasteiger partial charge in [0.05, 0.1) is 19.4 Å². The van der Waals surface area contributed by atoms with Crippen LogP contribution in [0.3, 0.4) is 0 Å². The number of nitrogens with one attached hydrogen (secondary N) is 1. The average molecular weight is 372 g/mol. The van der Waals surface area contributed by atoms with E-state index < -0.39 is 5.91 Å². The van der Waals surface area contributed by atoms with Gasteiger partial charge in [0.25, 0.3) is 5.91 Å². The lowest BCUT2D eigenvalue weighted by atomic mass is 10.0. The van der Waals surface area contributed by atoms with Crippen LogP contribution in [0, 0.1) is 11.3 Å². The number of fused-ring (bicyclic) bond motifs is 1. The quantitative estimate of drug-likeness (QED) is 0.499. The minimum absolute atomic E-state index is 0.0248. The van der Waals surface area contributed by atoms with Crippen molar-refractivity contribution >= 4 is 28.4 Å². The van der Waals surface area contributed by atoms with Gasteiger partial charge in [-0.2, -0.15) is 5.26 Å². The fourth-order valence-corrected chi connectivity index (χ4v) is 2.94. The monoisotopic (exact) mass is 372 g/mol. The molecule has 0 saturated heterocycles. The standard InChI is InChI=1S/C23H20N2O3/c1-3-28-21-13-12-16-8-4-5-9-18(16)19(21)14-17(15-24)23(26)25-20-10-6-7-11-22(20)27-2/h4-14H,3H2,1-2H3,(H,25,26)/b17-14+. The molecule has 0 saturated carbocycles. The largest absolute Gasteiger partial charge is 0.495 e. The molecule has 0 fully saturated rings. The van der Waals surface area contributed by atoms with E-state index in [-0.39, 0.29) is 5.57 Å². The molecule has 0 radical (unpaired) electrons. The van der Waals surface area contributed by atoms with Crippen molar-refractivity contribution < 1.29 is 14.3 Å². The molecule has 0 unspecified atom stereocenters. The lowest BCUT2D eigenvalue weighted by molar-refractivity contribution is -0.112. The van der Waals surface area contributed by atoms with Crippen LogP contribution in [0.4, 0.5) is 5.69 Å². The summed E-state index contributed by atoms with van der Waals surface area (Å²) < 4.78 is 11.0. The van der Waals surface area contributed by atoms with Crippen molar-refractivity contribution in [3.63, 3.8) is 0 Å². The van der Waals surface area contributed by atoms with Crippen LogP contribution in [-0.4, -0.2) is 19.6 Å². The van der Waals surface area contributed by atoms with E-state index in [1.165, 1.54) is 7.11 Å². The Balaban J connectivity index is 2.04. The van der Waals surface area contributed by atoms with E-state index in [0.717, 1.165) is 10.8 Å². The van der Waals surface area contributed by atoms with Gasteiger partial charge in [0.1, 0.15) is 23.1 Å². The molecule has 140 valence electrons. The molecule has 28 heavy (non-hydrogen) atoms. The highest BCUT2D eigenvalue weighted by Gasteiger charge is 2.15. The highest BCUT2D eigenvalue weighted by atomic mass is 16.5. The van der Waals surface area contributed by atoms with Crippen LogP contribution in [-0.2, 0) is 4.79 Å². The van der Waals surface area contributed by atoms with Crippen molar-refractivity contribution in [1.82, 2.24) is 0 Å². The van der Waals surface area contributed by atoms with Crippen molar-refractivity contribution in [2.45, 2.75) is 6.92 Å². The van der Waals surface area contributed by atoms with Gasteiger partial charge in [0.15, 0.2) is 0 Å². The highest BCUT2D eigenvalue weighted by molar-refractivity contribution is 6.11. The molecule has 5 heteroatoms. The summed E-state index contributed by atoms with van der Waals surface area (Å²) in [6.45, 7) is 2.37. The number of nitrogens with zero attached hydrogens (tertiary/aromatic N) is 1. The van der Waals surface area contributed by atoms with E-state index in [1.54, 1.807) is 30.3 Å². The molecule has 3 aromatic rings. The molecular weight excluding hydrogens is 352 g/mol. The Labute approximate surface area is 163 Å². The van der Waals surface area contributed by atoms with E-state index in [4.69, 9.17) is 9.47 Å². The first kappa shape index (κ1) is 19.0. The number of rotatable bonds is 6. The number of anilines is 1. The van der Waals surface area contributed by atoms with Crippen LogP contribution in [0.25, 0.3) is 16.8 Å². The van der Waals surface area contributed by atoms with Gasteiger partial charge in [-0.25, -0.2) is 0 Å². The van der Waals surface area contributed by atoms with Crippen molar-refractivity contribution in [2.24, 2.45) is 0 Å². The fourth-order valence-electron chi connectivity index (χ4n) is 2.94. The zero-order valence-electron chi connectivity index (χ0n) is 15.7. The minimum Gasteiger partial charge on any atom is -0.495 e. The maximum atomic E-state index is 12.7. The van der Waals surface area contributed by atoms with Gasteiger partial charge < -0.3 is 14.8 Å². The summed E-state index contributed by atoms with van der Waals surface area (Å²) >= 11 is 0. The predicted octanol–water partition coefficient (Wildman–Crippen LogP) is 4.79. The number of amides is 1. The molecule has 0 bridgehead atoms. The Morgan fingerprint density at radius 3 is 2.57 bits per heavy atom. The Hall–Kier alpha value is -3.78. The summed E-state index contributed by atoms with van der Waals surface area (Å²) in [7, 11) is 1.52. The van der Waals surface area contributed by atoms with Gasteiger partial charge in [-0.1, -0.05) is 42.5 Å². The van der Waals surface area contributed by atoms with Gasteiger partial charge in [0, 0.05) is 5.56 Å². The Kier molecular flexibility index (Phi) is 5.93. The number of nitriles is 1. The van der Waals surface area contributed by atoms with E-state index in [9.17, 15) is 10.1 Å². The molecule has 1 N–H and O–H groups in total. The van der Waals surface area contributed by atoms with Gasteiger partial charge in [-0.3, -0.25) is 4.79 Å². The zero-order chi connectivity index (χ0) is 19.9. The summed E-state index contributed by atoms with van der Waals surface area (Å²) in [6.07, 6.45) is 1.57. The van der Waals surface area contributed by atoms with Gasteiger partial charge in [-0.15, -0.1) is 0 Å². The first-order chi connectivity index (χ1) is 13.7. The molecule has 5 nitrogen and oxygen atoms in total. The predicted molar refractivity (Wildman–Crippen MR) is 110 cm³/mol. The van der Waals surface area contributed by atoms with Gasteiger partial charge in [0.2, 0.25) is 0 Å². The first-order valence-corrected chi connectivity index (χ1v) is 8.88. The van der Waals surface area contributed by atoms with E-state index in [1.807, 2.05) is 49.4 Å². The zero-order valence-corrected chi connectivity index (χ0v) is 15.7. The number of carbonyl (C=O) groups excluding carboxylic acids is 1. The van der Waals surface area contributed by atoms with E-state index in [0.29, 0.717) is 29.4 Å². The average Bonchev–Trinajstić information content (AvgIpc) is 2.73. The molecule has 3 aromatic carbocycles. The molecule has 0 spiro atoms. The highest BCUT2D eigenvalue weighted by Crippen LogP contribution is 2.31. The molecule has 1 amide bonds. The molecule has 0 aromatic heterocycles. The molecule has 3 rings (SSSR count). The lowest BCUT2D eigenvalue weighted by Crippen LogP contribution is -2.14. The van der Waals surface area contributed by atoms with Crippen LogP contribution in [0.15, 0.2) is 66.2 Å². The third-order valence-corrected chi connectivity index (χ3v) is 4.24. The lowest BCUT2D eigenvalue weighted by Gasteiger charge is -2.12. The number of para-hydroxylation sites is 2. The van der Waals surface area contributed by atoms with E-state index in [2.05, 4.69) is 5.32 Å². The van der Waals surface area contributed by atoms with Crippen LogP contribution in [0.2, 0.25) is 0 Å². The van der Waals surface area contributed by atoms with Crippen molar-refractivity contribution in [1.29, 1.82) is 5.26 Å². The Morgan fingerprint density at radius 1 is 1.07 bits per heavy atom. The summed E-state index contributed by atoms with van der Waals surface area (Å²) in [5, 5.41) is 14.2. The molecule has 0 aliphatic carbocycles. The van der Waals surface area contributed by atoms with Crippen molar-refractivity contribution in [2.75, 3.05) is 19.0 Å². The molecule has 0 aliphatic heterocycles. The number of carbonyl (C=O) groups is 1. The second-order valence-corrected chi connectivity index (χ2v) is 5.96. The number of hydrogen-bond acceptors (Lipinski definition) is 4. The fraction of sp³-hybridized carbons (Fsp3) is 0.130. The normalized spacial score (nSPS) is 11.0. The molecular formula is C23H20N2O3. The third-order valence-electron chi connectivity index (χ3n) is 4.24. The van der Waals surface area contributed by atoms with Crippen LogP contribution >= 0.6 is 0 Å². The molecule has 0 aliphatic rings. The SMILES string of the molecule is CCOc1ccc2ccccc2c1/C=C(\C#N)C(=O)Nc1ccccc1OC. The number of ether oxygens (including phenoxy) is 2. The van der Waals surface area contributed by atoms with Crippen molar-refractivity contribution in [3.8, 4) is 17.6 Å². The Bertz CT molecular complexity index is 1080. The van der Waals surface area contributed by atoms with Gasteiger partial charge >= 0.3 is 0 Å². The van der Waals surface area contributed by atoms with Gasteiger partial charge in [-0.05, 0) is 42.0 Å². The second-order valence-electron chi connectivity index (χ2n) is 5.96. The first-order valence-electron chi connectivity index (χ1n) is 8.88. The summed E-state index contributed by atoms with van der Waals surface area (Å²) in [4.78, 5) is 12.7. The second kappa shape index (κ2) is 8.74. The molecule has 0 heterocycles. The van der Waals surface area contributed by atoms with Crippen LogP contribution in [0.1, 0.15) is 12.5 Å². The third kappa shape index (κ3) is 3.97. The Morgan fingerprint density at radius 2 is 1.82 bits per heavy atom. The smallest absolute Gasteiger partial charge is 0.266 e. The minimum atomic E-state index is -0.512.